The average Bonchev–Trinajstić information content (AvgIpc) is 2.49. The van der Waals surface area contributed by atoms with E-state index in [9.17, 15) is 41.4 Å². The minimum absolute atomic E-state index is 0.168. The molecule has 0 aliphatic carbocycles. The van der Waals surface area contributed by atoms with Gasteiger partial charge in [-0.25, -0.2) is 4.79 Å². The van der Waals surface area contributed by atoms with E-state index >= 15 is 0 Å². The van der Waals surface area contributed by atoms with Crippen LogP contribution in [0, 0.1) is 0 Å². The van der Waals surface area contributed by atoms with E-state index in [0.29, 0.717) is 36.4 Å². The van der Waals surface area contributed by atoms with Crippen LogP contribution in [0.1, 0.15) is 21.5 Å². The van der Waals surface area contributed by atoms with Gasteiger partial charge in [0.15, 0.2) is 11.5 Å². The number of hydrogen-bond donors (Lipinski definition) is 3. The lowest BCUT2D eigenvalue weighted by Crippen LogP contribution is -2.54. The average molecular weight is 380 g/mol. The number of rotatable bonds is 3. The molecule has 10 heteroatoms. The van der Waals surface area contributed by atoms with Gasteiger partial charge in [-0.3, -0.25) is 0 Å². The summed E-state index contributed by atoms with van der Waals surface area (Å²) in [7, 11) is 0. The SMILES string of the molecule is O=C(O)c1ccc(C(c2ccc(O)c(O)c2)(C(F)(F)F)C(F)(F)F)cc1. The van der Waals surface area contributed by atoms with Crippen LogP contribution in [0.25, 0.3) is 0 Å². The van der Waals surface area contributed by atoms with Gasteiger partial charge in [-0.1, -0.05) is 18.2 Å². The highest BCUT2D eigenvalue weighted by molar-refractivity contribution is 5.87. The number of halogens is 6. The molecule has 26 heavy (non-hydrogen) atoms. The van der Waals surface area contributed by atoms with Gasteiger partial charge >= 0.3 is 18.3 Å². The van der Waals surface area contributed by atoms with Crippen LogP contribution in [0.2, 0.25) is 0 Å². The number of benzene rings is 2. The zero-order valence-electron chi connectivity index (χ0n) is 12.6. The van der Waals surface area contributed by atoms with Crippen molar-refractivity contribution in [3.8, 4) is 11.5 Å². The fourth-order valence-corrected chi connectivity index (χ4v) is 2.60. The Hall–Kier alpha value is -2.91. The highest BCUT2D eigenvalue weighted by Gasteiger charge is 2.72. The third-order valence-corrected chi connectivity index (χ3v) is 3.82. The van der Waals surface area contributed by atoms with Crippen molar-refractivity contribution in [1.82, 2.24) is 0 Å². The van der Waals surface area contributed by atoms with E-state index in [1.165, 1.54) is 0 Å². The maximum atomic E-state index is 13.8. The van der Waals surface area contributed by atoms with Gasteiger partial charge in [0.1, 0.15) is 0 Å². The Balaban J connectivity index is 2.88. The Kier molecular flexibility index (Phi) is 4.57. The standard InChI is InChI=1S/C16H10F6O4/c17-15(18,19)14(16(20,21)22,10-5-6-11(23)12(24)7-10)9-3-1-8(2-4-9)13(25)26/h1-7,23-24H,(H,25,26). The first-order valence-electron chi connectivity index (χ1n) is 6.82. The van der Waals surface area contributed by atoms with E-state index in [1.807, 2.05) is 0 Å². The summed E-state index contributed by atoms with van der Waals surface area (Å²) in [4.78, 5) is 10.8. The molecule has 2 aromatic rings. The van der Waals surface area contributed by atoms with Crippen LogP contribution in [0.15, 0.2) is 42.5 Å². The molecule has 4 nitrogen and oxygen atoms in total. The Morgan fingerprint density at radius 3 is 1.58 bits per heavy atom. The normalized spacial score (nSPS) is 12.8. The van der Waals surface area contributed by atoms with Gasteiger partial charge in [-0.15, -0.1) is 0 Å². The lowest BCUT2D eigenvalue weighted by Gasteiger charge is -2.38. The molecule has 0 aromatic heterocycles. The fourth-order valence-electron chi connectivity index (χ4n) is 2.60. The first-order valence-corrected chi connectivity index (χ1v) is 6.82. The third-order valence-electron chi connectivity index (χ3n) is 3.82. The van der Waals surface area contributed by atoms with E-state index in [4.69, 9.17) is 5.11 Å². The molecule has 0 unspecified atom stereocenters. The second-order valence-corrected chi connectivity index (χ2v) is 5.33. The largest absolute Gasteiger partial charge is 0.504 e. The number of phenols is 2. The Morgan fingerprint density at radius 1 is 0.731 bits per heavy atom. The van der Waals surface area contributed by atoms with Gasteiger partial charge in [-0.2, -0.15) is 26.3 Å². The summed E-state index contributed by atoms with van der Waals surface area (Å²) in [6, 6.07) is 3.11. The molecule has 0 saturated heterocycles. The predicted octanol–water partition coefficient (Wildman–Crippen LogP) is 4.21. The number of carboxylic acid groups (broad SMARTS) is 1. The molecule has 3 N–H and O–H groups in total. The summed E-state index contributed by atoms with van der Waals surface area (Å²) >= 11 is 0. The zero-order chi connectivity index (χ0) is 19.9. The van der Waals surface area contributed by atoms with E-state index in [2.05, 4.69) is 0 Å². The topological polar surface area (TPSA) is 77.8 Å². The van der Waals surface area contributed by atoms with Crippen LogP contribution in [0.3, 0.4) is 0 Å². The van der Waals surface area contributed by atoms with Crippen molar-refractivity contribution in [3.05, 3.63) is 59.2 Å². The summed E-state index contributed by atoms with van der Waals surface area (Å²) < 4.78 is 82.5. The molecule has 0 bridgehead atoms. The molecule has 0 radical (unpaired) electrons. The van der Waals surface area contributed by atoms with E-state index in [0.717, 1.165) is 0 Å². The maximum Gasteiger partial charge on any atom is 0.411 e. The third kappa shape index (κ3) is 2.91. The lowest BCUT2D eigenvalue weighted by atomic mass is 9.72. The molecular weight excluding hydrogens is 370 g/mol. The van der Waals surface area contributed by atoms with Crippen LogP contribution in [0.5, 0.6) is 11.5 Å². The first-order chi connectivity index (χ1) is 11.8. The van der Waals surface area contributed by atoms with Crippen molar-refractivity contribution in [2.24, 2.45) is 0 Å². The summed E-state index contributed by atoms with van der Waals surface area (Å²) in [5.41, 5.74) is -7.70. The van der Waals surface area contributed by atoms with Crippen LogP contribution < -0.4 is 0 Å². The molecule has 140 valence electrons. The number of hydrogen-bond acceptors (Lipinski definition) is 3. The molecule has 0 saturated carbocycles. The van der Waals surface area contributed by atoms with Crippen LogP contribution in [-0.2, 0) is 5.41 Å². The first kappa shape index (κ1) is 19.4. The highest BCUT2D eigenvalue weighted by atomic mass is 19.4. The predicted molar refractivity (Wildman–Crippen MR) is 76.1 cm³/mol. The summed E-state index contributed by atoms with van der Waals surface area (Å²) in [5.74, 6) is -3.58. The number of alkyl halides is 6. The molecule has 0 aliphatic heterocycles. The minimum atomic E-state index is -5.89. The number of phenolic OH excluding ortho intramolecular Hbond substituents is 2. The molecular formula is C16H10F6O4. The van der Waals surface area contributed by atoms with Gasteiger partial charge in [0.25, 0.3) is 0 Å². The number of aromatic carboxylic acids is 1. The second-order valence-electron chi connectivity index (χ2n) is 5.33. The highest BCUT2D eigenvalue weighted by Crippen LogP contribution is 2.56. The second kappa shape index (κ2) is 6.11. The summed E-state index contributed by atoms with van der Waals surface area (Å²) in [6.07, 6.45) is -11.8. The minimum Gasteiger partial charge on any atom is -0.504 e. The van der Waals surface area contributed by atoms with Crippen molar-refractivity contribution < 1.29 is 46.5 Å². The summed E-state index contributed by atoms with van der Waals surface area (Å²) in [5, 5.41) is 27.4. The van der Waals surface area contributed by atoms with Crippen molar-refractivity contribution >= 4 is 5.97 Å². The lowest BCUT2D eigenvalue weighted by molar-refractivity contribution is -0.288. The number of carboxylic acids is 1. The summed E-state index contributed by atoms with van der Waals surface area (Å²) in [6.45, 7) is 0. The van der Waals surface area contributed by atoms with E-state index in [-0.39, 0.29) is 6.07 Å². The molecule has 0 heterocycles. The van der Waals surface area contributed by atoms with Gasteiger partial charge in [0, 0.05) is 0 Å². The number of carbonyl (C=O) groups is 1. The Morgan fingerprint density at radius 2 is 1.19 bits per heavy atom. The maximum absolute atomic E-state index is 13.8. The molecule has 0 spiro atoms. The molecule has 2 aromatic carbocycles. The van der Waals surface area contributed by atoms with Crippen molar-refractivity contribution in [2.75, 3.05) is 0 Å². The van der Waals surface area contributed by atoms with Crippen LogP contribution in [-0.4, -0.2) is 33.6 Å². The van der Waals surface area contributed by atoms with Crippen LogP contribution in [0.4, 0.5) is 26.3 Å². The zero-order valence-corrected chi connectivity index (χ0v) is 12.6. The van der Waals surface area contributed by atoms with Gasteiger partial charge in [0.05, 0.1) is 5.56 Å². The van der Waals surface area contributed by atoms with E-state index < -0.39 is 51.9 Å². The molecule has 0 amide bonds. The van der Waals surface area contributed by atoms with Crippen molar-refractivity contribution in [1.29, 1.82) is 0 Å². The molecule has 0 fully saturated rings. The Bertz CT molecular complexity index is 810. The van der Waals surface area contributed by atoms with Crippen molar-refractivity contribution in [2.45, 2.75) is 17.8 Å². The molecule has 0 aliphatic rings. The van der Waals surface area contributed by atoms with Gasteiger partial charge in [0.2, 0.25) is 5.41 Å². The monoisotopic (exact) mass is 380 g/mol. The molecule has 2 rings (SSSR count). The molecule has 0 atom stereocenters. The quantitative estimate of drug-likeness (QED) is 0.551. The van der Waals surface area contributed by atoms with Crippen LogP contribution >= 0.6 is 0 Å². The Labute approximate surface area is 141 Å². The van der Waals surface area contributed by atoms with E-state index in [1.54, 1.807) is 0 Å². The number of aromatic hydroxyl groups is 2. The van der Waals surface area contributed by atoms with Crippen molar-refractivity contribution in [3.63, 3.8) is 0 Å². The fraction of sp³-hybridized carbons (Fsp3) is 0.188. The smallest absolute Gasteiger partial charge is 0.411 e. The van der Waals surface area contributed by atoms with Gasteiger partial charge in [-0.05, 0) is 35.4 Å². The van der Waals surface area contributed by atoms with Gasteiger partial charge < -0.3 is 15.3 Å².